The lowest BCUT2D eigenvalue weighted by molar-refractivity contribution is -0.135. The molecular weight excluding hydrogens is 304 g/mol. The lowest BCUT2D eigenvalue weighted by Gasteiger charge is -2.38. The minimum absolute atomic E-state index is 0.107. The van der Waals surface area contributed by atoms with Gasteiger partial charge < -0.3 is 15.5 Å². The molecule has 130 valence electrons. The lowest BCUT2D eigenvalue weighted by atomic mass is 10.0. The van der Waals surface area contributed by atoms with Crippen LogP contribution in [-0.4, -0.2) is 66.9 Å². The van der Waals surface area contributed by atoms with E-state index in [0.717, 1.165) is 52.0 Å². The summed E-state index contributed by atoms with van der Waals surface area (Å²) in [5.74, 6) is -0.202. The van der Waals surface area contributed by atoms with Gasteiger partial charge in [0.2, 0.25) is 11.8 Å². The largest absolute Gasteiger partial charge is 0.368 e. The molecule has 2 amide bonds. The molecule has 0 saturated carbocycles. The van der Waals surface area contributed by atoms with Gasteiger partial charge in [-0.2, -0.15) is 0 Å². The first-order valence-corrected chi connectivity index (χ1v) is 8.76. The normalized spacial score (nSPS) is 22.4. The fourth-order valence-electron chi connectivity index (χ4n) is 3.63. The van der Waals surface area contributed by atoms with Gasteiger partial charge in [-0.3, -0.25) is 14.5 Å². The maximum Gasteiger partial charge on any atom is 0.236 e. The molecular formula is C18H26N4O2. The molecule has 2 N–H and O–H groups in total. The van der Waals surface area contributed by atoms with Crippen LogP contribution in [0, 0.1) is 0 Å². The van der Waals surface area contributed by atoms with Crippen molar-refractivity contribution >= 4 is 17.5 Å². The molecule has 1 atom stereocenters. The Kier molecular flexibility index (Phi) is 5.35. The van der Waals surface area contributed by atoms with Crippen molar-refractivity contribution in [2.45, 2.75) is 25.3 Å². The van der Waals surface area contributed by atoms with E-state index in [0.29, 0.717) is 6.54 Å². The molecule has 2 fully saturated rings. The second-order valence-corrected chi connectivity index (χ2v) is 6.59. The molecule has 3 rings (SSSR count). The van der Waals surface area contributed by atoms with Crippen LogP contribution < -0.4 is 10.6 Å². The quantitative estimate of drug-likeness (QED) is 0.881. The first kappa shape index (κ1) is 16.8. The molecule has 2 aliphatic rings. The van der Waals surface area contributed by atoms with Crippen LogP contribution in [0.3, 0.4) is 0 Å². The van der Waals surface area contributed by atoms with Crippen molar-refractivity contribution in [2.75, 3.05) is 44.2 Å². The zero-order valence-corrected chi connectivity index (χ0v) is 14.1. The fourth-order valence-corrected chi connectivity index (χ4v) is 3.63. The topological polar surface area (TPSA) is 69.9 Å². The van der Waals surface area contributed by atoms with Gasteiger partial charge in [-0.1, -0.05) is 24.6 Å². The standard InChI is InChI=1S/C18H26N4O2/c19-18(24)16-8-4-5-9-22(16)14-17(23)21-12-10-20(11-13-21)15-6-2-1-3-7-15/h1-3,6-7,16H,4-5,8-14H2,(H2,19,24)/t16-/m0/s1. The third-order valence-corrected chi connectivity index (χ3v) is 5.03. The molecule has 0 spiro atoms. The number of likely N-dealkylation sites (tertiary alicyclic amines) is 1. The molecule has 6 heteroatoms. The number of benzene rings is 1. The molecule has 0 bridgehead atoms. The molecule has 6 nitrogen and oxygen atoms in total. The Morgan fingerprint density at radius 3 is 2.38 bits per heavy atom. The third-order valence-electron chi connectivity index (χ3n) is 5.03. The Bertz CT molecular complexity index is 570. The van der Waals surface area contributed by atoms with E-state index in [1.54, 1.807) is 0 Å². The number of nitrogens with two attached hydrogens (primary N) is 1. The third kappa shape index (κ3) is 3.87. The van der Waals surface area contributed by atoms with Crippen LogP contribution in [0.25, 0.3) is 0 Å². The summed E-state index contributed by atoms with van der Waals surface area (Å²) in [6.45, 7) is 4.22. The van der Waals surface area contributed by atoms with Gasteiger partial charge in [0, 0.05) is 31.9 Å². The summed E-state index contributed by atoms with van der Waals surface area (Å²) in [5.41, 5.74) is 6.69. The van der Waals surface area contributed by atoms with E-state index in [4.69, 9.17) is 5.73 Å². The molecule has 2 aliphatic heterocycles. The summed E-state index contributed by atoms with van der Waals surface area (Å²) in [4.78, 5) is 30.3. The van der Waals surface area contributed by atoms with Crippen molar-refractivity contribution in [3.63, 3.8) is 0 Å². The Balaban J connectivity index is 1.52. The van der Waals surface area contributed by atoms with E-state index >= 15 is 0 Å². The number of carbonyl (C=O) groups excluding carboxylic acids is 2. The molecule has 1 aromatic rings. The van der Waals surface area contributed by atoms with Crippen LogP contribution in [0.15, 0.2) is 30.3 Å². The summed E-state index contributed by atoms with van der Waals surface area (Å²) in [6, 6.07) is 10.00. The smallest absolute Gasteiger partial charge is 0.236 e. The molecule has 0 aromatic heterocycles. The number of anilines is 1. The Labute approximate surface area is 143 Å². The minimum atomic E-state index is -0.309. The van der Waals surface area contributed by atoms with Crippen molar-refractivity contribution in [1.82, 2.24) is 9.80 Å². The number of piperidine rings is 1. The molecule has 0 unspecified atom stereocenters. The van der Waals surface area contributed by atoms with Crippen LogP contribution in [0.1, 0.15) is 19.3 Å². The predicted molar refractivity (Wildman–Crippen MR) is 93.6 cm³/mol. The van der Waals surface area contributed by atoms with Gasteiger partial charge in [0.05, 0.1) is 12.6 Å². The van der Waals surface area contributed by atoms with Gasteiger partial charge in [-0.25, -0.2) is 0 Å². The number of carbonyl (C=O) groups is 2. The summed E-state index contributed by atoms with van der Waals surface area (Å²) < 4.78 is 0. The Morgan fingerprint density at radius 2 is 1.71 bits per heavy atom. The first-order valence-electron chi connectivity index (χ1n) is 8.76. The summed E-state index contributed by atoms with van der Waals surface area (Å²) >= 11 is 0. The SMILES string of the molecule is NC(=O)[C@@H]1CCCCN1CC(=O)N1CCN(c2ccccc2)CC1. The van der Waals surface area contributed by atoms with Crippen molar-refractivity contribution in [3.05, 3.63) is 30.3 Å². The highest BCUT2D eigenvalue weighted by atomic mass is 16.2. The summed E-state index contributed by atoms with van der Waals surface area (Å²) in [7, 11) is 0. The molecule has 24 heavy (non-hydrogen) atoms. The maximum atomic E-state index is 12.6. The number of rotatable bonds is 4. The molecule has 1 aromatic carbocycles. The zero-order chi connectivity index (χ0) is 16.9. The lowest BCUT2D eigenvalue weighted by Crippen LogP contribution is -2.55. The number of amides is 2. The highest BCUT2D eigenvalue weighted by Crippen LogP contribution is 2.18. The van der Waals surface area contributed by atoms with E-state index in [9.17, 15) is 9.59 Å². The molecule has 0 aliphatic carbocycles. The van der Waals surface area contributed by atoms with E-state index in [1.807, 2.05) is 28.0 Å². The van der Waals surface area contributed by atoms with Crippen molar-refractivity contribution in [3.8, 4) is 0 Å². The number of hydrogen-bond donors (Lipinski definition) is 1. The second-order valence-electron chi connectivity index (χ2n) is 6.59. The number of para-hydroxylation sites is 1. The minimum Gasteiger partial charge on any atom is -0.368 e. The van der Waals surface area contributed by atoms with Gasteiger partial charge in [-0.15, -0.1) is 0 Å². The average molecular weight is 330 g/mol. The van der Waals surface area contributed by atoms with Gasteiger partial charge in [0.15, 0.2) is 0 Å². The number of nitrogens with zero attached hydrogens (tertiary/aromatic N) is 3. The molecule has 2 saturated heterocycles. The van der Waals surface area contributed by atoms with E-state index in [-0.39, 0.29) is 17.9 Å². The van der Waals surface area contributed by atoms with Crippen LogP contribution in [0.5, 0.6) is 0 Å². The maximum absolute atomic E-state index is 12.6. The highest BCUT2D eigenvalue weighted by molar-refractivity contribution is 5.82. The van der Waals surface area contributed by atoms with Gasteiger partial charge in [-0.05, 0) is 31.5 Å². The van der Waals surface area contributed by atoms with Crippen LogP contribution in [0.2, 0.25) is 0 Å². The van der Waals surface area contributed by atoms with E-state index in [2.05, 4.69) is 17.0 Å². The second kappa shape index (κ2) is 7.66. The van der Waals surface area contributed by atoms with Crippen molar-refractivity contribution < 1.29 is 9.59 Å². The summed E-state index contributed by atoms with van der Waals surface area (Å²) in [5, 5.41) is 0. The first-order chi connectivity index (χ1) is 11.6. The number of hydrogen-bond acceptors (Lipinski definition) is 4. The average Bonchev–Trinajstić information content (AvgIpc) is 2.63. The predicted octanol–water partition coefficient (Wildman–Crippen LogP) is 0.675. The highest BCUT2D eigenvalue weighted by Gasteiger charge is 2.30. The van der Waals surface area contributed by atoms with E-state index in [1.165, 1.54) is 5.69 Å². The van der Waals surface area contributed by atoms with Crippen LogP contribution in [-0.2, 0) is 9.59 Å². The van der Waals surface area contributed by atoms with Gasteiger partial charge in [0.1, 0.15) is 0 Å². The zero-order valence-electron chi connectivity index (χ0n) is 14.1. The van der Waals surface area contributed by atoms with Crippen molar-refractivity contribution in [1.29, 1.82) is 0 Å². The van der Waals surface area contributed by atoms with Crippen molar-refractivity contribution in [2.24, 2.45) is 5.73 Å². The summed E-state index contributed by atoms with van der Waals surface area (Å²) in [6.07, 6.45) is 2.80. The fraction of sp³-hybridized carbons (Fsp3) is 0.556. The van der Waals surface area contributed by atoms with Gasteiger partial charge >= 0.3 is 0 Å². The van der Waals surface area contributed by atoms with Gasteiger partial charge in [0.25, 0.3) is 0 Å². The number of piperazine rings is 1. The van der Waals surface area contributed by atoms with E-state index < -0.39 is 0 Å². The number of primary amides is 1. The Hall–Kier alpha value is -2.08. The molecule has 2 heterocycles. The van der Waals surface area contributed by atoms with Crippen LogP contribution in [0.4, 0.5) is 5.69 Å². The Morgan fingerprint density at radius 1 is 1.00 bits per heavy atom. The monoisotopic (exact) mass is 330 g/mol. The van der Waals surface area contributed by atoms with Crippen LogP contribution >= 0.6 is 0 Å². The molecule has 0 radical (unpaired) electrons.